The zero-order chi connectivity index (χ0) is 29.7. The number of benzene rings is 6. The van der Waals surface area contributed by atoms with Crippen LogP contribution in [0.3, 0.4) is 0 Å². The van der Waals surface area contributed by atoms with Crippen LogP contribution in [0.15, 0.2) is 152 Å². The van der Waals surface area contributed by atoms with Crippen LogP contribution in [0.1, 0.15) is 0 Å². The predicted octanol–water partition coefficient (Wildman–Crippen LogP) is 9.67. The molecule has 0 bridgehead atoms. The Hall–Kier alpha value is -6.20. The first-order valence-corrected chi connectivity index (χ1v) is 15.0. The van der Waals surface area contributed by atoms with Gasteiger partial charge in [0.05, 0.1) is 33.5 Å². The van der Waals surface area contributed by atoms with Crippen LogP contribution < -0.4 is 0 Å². The van der Waals surface area contributed by atoms with Gasteiger partial charge in [-0.25, -0.2) is 19.9 Å². The van der Waals surface area contributed by atoms with Crippen molar-refractivity contribution in [2.45, 2.75) is 0 Å². The van der Waals surface area contributed by atoms with E-state index in [1.165, 1.54) is 21.8 Å². The lowest BCUT2D eigenvalue weighted by molar-refractivity contribution is 1.18. The highest BCUT2D eigenvalue weighted by Crippen LogP contribution is 2.35. The Kier molecular flexibility index (Phi) is 5.74. The minimum atomic E-state index is 0.676. The summed E-state index contributed by atoms with van der Waals surface area (Å²) in [5.41, 5.74) is 10.1. The van der Waals surface area contributed by atoms with Crippen molar-refractivity contribution in [1.82, 2.24) is 24.5 Å². The molecule has 0 atom stereocenters. The summed E-state index contributed by atoms with van der Waals surface area (Å²) in [7, 11) is 0. The fourth-order valence-electron chi connectivity index (χ4n) is 6.44. The lowest BCUT2D eigenvalue weighted by atomic mass is 10.0. The minimum Gasteiger partial charge on any atom is -0.309 e. The largest absolute Gasteiger partial charge is 0.309 e. The number of hydrogen-bond acceptors (Lipinski definition) is 4. The minimum absolute atomic E-state index is 0.676. The second-order valence-corrected chi connectivity index (χ2v) is 11.1. The van der Waals surface area contributed by atoms with Crippen LogP contribution in [-0.4, -0.2) is 24.5 Å². The van der Waals surface area contributed by atoms with E-state index < -0.39 is 0 Å². The Morgan fingerprint density at radius 3 is 1.73 bits per heavy atom. The van der Waals surface area contributed by atoms with Crippen molar-refractivity contribution >= 4 is 43.6 Å². The van der Waals surface area contributed by atoms with E-state index in [-0.39, 0.29) is 0 Å². The SMILES string of the molecule is c1cc(-c2nc(-c3ccc(-n4c5ccccc5c5ccccc54)cc3)c3ccccc3n2)cc(-c2ncnc3ccccc23)c1. The van der Waals surface area contributed by atoms with E-state index in [1.807, 2.05) is 36.4 Å². The number of hydrogen-bond donors (Lipinski definition) is 0. The number of nitrogens with zero attached hydrogens (tertiary/aromatic N) is 5. The molecule has 9 rings (SSSR count). The van der Waals surface area contributed by atoms with E-state index in [9.17, 15) is 0 Å². The molecule has 9 aromatic rings. The quantitative estimate of drug-likeness (QED) is 0.210. The normalized spacial score (nSPS) is 11.6. The van der Waals surface area contributed by atoms with Crippen LogP contribution in [0.2, 0.25) is 0 Å². The number of aromatic nitrogens is 5. The second kappa shape index (κ2) is 10.2. The molecule has 5 nitrogen and oxygen atoms in total. The maximum Gasteiger partial charge on any atom is 0.160 e. The molecule has 0 N–H and O–H groups in total. The Morgan fingerprint density at radius 1 is 0.400 bits per heavy atom. The van der Waals surface area contributed by atoms with Gasteiger partial charge in [0.1, 0.15) is 6.33 Å². The van der Waals surface area contributed by atoms with Gasteiger partial charge < -0.3 is 4.57 Å². The molecule has 0 saturated heterocycles. The van der Waals surface area contributed by atoms with Gasteiger partial charge in [-0.3, -0.25) is 0 Å². The molecule has 0 aliphatic rings. The molecule has 0 aliphatic heterocycles. The van der Waals surface area contributed by atoms with Crippen LogP contribution in [0.5, 0.6) is 0 Å². The van der Waals surface area contributed by atoms with Gasteiger partial charge >= 0.3 is 0 Å². The van der Waals surface area contributed by atoms with Crippen LogP contribution in [0.25, 0.3) is 83.2 Å². The Bertz CT molecular complexity index is 2490. The monoisotopic (exact) mass is 575 g/mol. The summed E-state index contributed by atoms with van der Waals surface area (Å²) in [6.45, 7) is 0. The van der Waals surface area contributed by atoms with Crippen molar-refractivity contribution in [3.63, 3.8) is 0 Å². The maximum absolute atomic E-state index is 5.18. The highest BCUT2D eigenvalue weighted by Gasteiger charge is 2.15. The van der Waals surface area contributed by atoms with Crippen molar-refractivity contribution in [1.29, 1.82) is 0 Å². The topological polar surface area (TPSA) is 56.5 Å². The van der Waals surface area contributed by atoms with Crippen molar-refractivity contribution < 1.29 is 0 Å². The van der Waals surface area contributed by atoms with Crippen molar-refractivity contribution in [3.8, 4) is 39.6 Å². The van der Waals surface area contributed by atoms with Gasteiger partial charge in [0, 0.05) is 43.9 Å². The smallest absolute Gasteiger partial charge is 0.160 e. The number of fused-ring (bicyclic) bond motifs is 5. The molecule has 0 aliphatic carbocycles. The van der Waals surface area contributed by atoms with Crippen LogP contribution in [-0.2, 0) is 0 Å². The van der Waals surface area contributed by atoms with E-state index >= 15 is 0 Å². The summed E-state index contributed by atoms with van der Waals surface area (Å²) in [6, 6.07) is 50.5. The molecule has 0 amide bonds. The van der Waals surface area contributed by atoms with Gasteiger partial charge in [0.25, 0.3) is 0 Å². The standard InChI is InChI=1S/C40H25N5/c1-5-16-34-32(14-1)38(42-25-41-34)27-10-9-11-28(24-27)40-43-35-17-6-2-15-33(35)39(44-40)26-20-22-29(23-21-26)45-36-18-7-3-12-30(36)31-13-4-8-19-37(31)45/h1-25H. The molecule has 5 heteroatoms. The fraction of sp³-hybridized carbons (Fsp3) is 0. The Labute approximate surface area is 259 Å². The van der Waals surface area contributed by atoms with Gasteiger partial charge in [-0.15, -0.1) is 0 Å². The fourth-order valence-corrected chi connectivity index (χ4v) is 6.44. The zero-order valence-electron chi connectivity index (χ0n) is 24.2. The molecule has 6 aromatic carbocycles. The highest BCUT2D eigenvalue weighted by atomic mass is 15.0. The Balaban J connectivity index is 1.17. The number of rotatable bonds is 4. The number of para-hydroxylation sites is 4. The average Bonchev–Trinajstić information content (AvgIpc) is 3.45. The molecule has 45 heavy (non-hydrogen) atoms. The molecule has 0 radical (unpaired) electrons. The molecule has 0 spiro atoms. The predicted molar refractivity (Wildman–Crippen MR) is 183 cm³/mol. The average molecular weight is 576 g/mol. The van der Waals surface area contributed by atoms with Gasteiger partial charge in [-0.05, 0) is 42.5 Å². The van der Waals surface area contributed by atoms with Crippen LogP contribution >= 0.6 is 0 Å². The summed E-state index contributed by atoms with van der Waals surface area (Å²) in [4.78, 5) is 19.3. The molecule has 210 valence electrons. The first-order valence-electron chi connectivity index (χ1n) is 15.0. The van der Waals surface area contributed by atoms with Gasteiger partial charge in [0.15, 0.2) is 5.82 Å². The van der Waals surface area contributed by atoms with Crippen LogP contribution in [0.4, 0.5) is 0 Å². The van der Waals surface area contributed by atoms with E-state index in [1.54, 1.807) is 6.33 Å². The molecule has 0 fully saturated rings. The molecule has 3 aromatic heterocycles. The van der Waals surface area contributed by atoms with Crippen molar-refractivity contribution in [3.05, 3.63) is 152 Å². The summed E-state index contributed by atoms with van der Waals surface area (Å²) >= 11 is 0. The summed E-state index contributed by atoms with van der Waals surface area (Å²) < 4.78 is 2.33. The summed E-state index contributed by atoms with van der Waals surface area (Å²) in [6.07, 6.45) is 1.62. The Morgan fingerprint density at radius 2 is 1.00 bits per heavy atom. The van der Waals surface area contributed by atoms with E-state index in [4.69, 9.17) is 9.97 Å². The first-order chi connectivity index (χ1) is 22.3. The molecule has 0 saturated carbocycles. The van der Waals surface area contributed by atoms with Crippen molar-refractivity contribution in [2.75, 3.05) is 0 Å². The zero-order valence-corrected chi connectivity index (χ0v) is 24.2. The highest BCUT2D eigenvalue weighted by molar-refractivity contribution is 6.09. The molecular weight excluding hydrogens is 550 g/mol. The molecule has 3 heterocycles. The van der Waals surface area contributed by atoms with E-state index in [2.05, 4.69) is 124 Å². The van der Waals surface area contributed by atoms with E-state index in [0.29, 0.717) is 5.82 Å². The lowest BCUT2D eigenvalue weighted by Gasteiger charge is -2.12. The lowest BCUT2D eigenvalue weighted by Crippen LogP contribution is -1.97. The first kappa shape index (κ1) is 25.3. The third-order valence-electron chi connectivity index (χ3n) is 8.52. The summed E-state index contributed by atoms with van der Waals surface area (Å²) in [5.74, 6) is 0.676. The van der Waals surface area contributed by atoms with Gasteiger partial charge in [-0.1, -0.05) is 103 Å². The third kappa shape index (κ3) is 4.17. The van der Waals surface area contributed by atoms with E-state index in [0.717, 1.165) is 55.6 Å². The molecule has 0 unspecified atom stereocenters. The van der Waals surface area contributed by atoms with Gasteiger partial charge in [0.2, 0.25) is 0 Å². The van der Waals surface area contributed by atoms with Gasteiger partial charge in [-0.2, -0.15) is 0 Å². The van der Waals surface area contributed by atoms with Crippen molar-refractivity contribution in [2.24, 2.45) is 0 Å². The maximum atomic E-state index is 5.18. The summed E-state index contributed by atoms with van der Waals surface area (Å²) in [5, 5.41) is 4.53. The third-order valence-corrected chi connectivity index (χ3v) is 8.52. The second-order valence-electron chi connectivity index (χ2n) is 11.1. The van der Waals surface area contributed by atoms with Crippen LogP contribution in [0, 0.1) is 0 Å². The molecular formula is C40H25N5.